The Hall–Kier alpha value is -2.61. The second kappa shape index (κ2) is 4.45. The maximum absolute atomic E-state index is 4.63. The van der Waals surface area contributed by atoms with Crippen molar-refractivity contribution in [1.29, 1.82) is 0 Å². The van der Waals surface area contributed by atoms with Crippen molar-refractivity contribution in [2.24, 2.45) is 0 Å². The number of para-hydroxylation sites is 2. The molecule has 0 saturated heterocycles. The van der Waals surface area contributed by atoms with Crippen LogP contribution in [-0.4, -0.2) is 9.55 Å². The molecule has 0 aliphatic carbocycles. The predicted molar refractivity (Wildman–Crippen MR) is 88.1 cm³/mol. The normalized spacial score (nSPS) is 11.3. The van der Waals surface area contributed by atoms with Crippen LogP contribution in [0.5, 0.6) is 0 Å². The zero-order valence-electron chi connectivity index (χ0n) is 12.2. The molecule has 0 amide bonds. The van der Waals surface area contributed by atoms with Crippen molar-refractivity contribution < 1.29 is 0 Å². The van der Waals surface area contributed by atoms with Crippen LogP contribution in [-0.2, 0) is 0 Å². The Morgan fingerprint density at radius 1 is 0.762 bits per heavy atom. The zero-order chi connectivity index (χ0) is 14.4. The van der Waals surface area contributed by atoms with Gasteiger partial charge in [-0.3, -0.25) is 4.57 Å². The Morgan fingerprint density at radius 2 is 1.52 bits per heavy atom. The summed E-state index contributed by atoms with van der Waals surface area (Å²) in [4.78, 5) is 4.63. The molecule has 0 fully saturated rings. The van der Waals surface area contributed by atoms with Crippen LogP contribution in [0, 0.1) is 13.8 Å². The molecule has 4 rings (SSSR count). The van der Waals surface area contributed by atoms with Crippen LogP contribution >= 0.6 is 0 Å². The van der Waals surface area contributed by atoms with E-state index < -0.39 is 0 Å². The standard InChI is InChI=1S/C19H16N2/c1-13-7-5-10-16-15-9-3-4-11-17(15)21(18(13)16)19-14(2)8-6-12-20-19/h3-12H,1-2H3. The fourth-order valence-corrected chi connectivity index (χ4v) is 3.12. The first kappa shape index (κ1) is 12.2. The summed E-state index contributed by atoms with van der Waals surface area (Å²) in [6, 6.07) is 19.1. The molecule has 0 aliphatic heterocycles. The van der Waals surface area contributed by atoms with Gasteiger partial charge in [0, 0.05) is 17.0 Å². The van der Waals surface area contributed by atoms with Crippen molar-refractivity contribution in [2.45, 2.75) is 13.8 Å². The SMILES string of the molecule is Cc1cccnc1-n1c2ccccc2c2cccc(C)c21. The van der Waals surface area contributed by atoms with Gasteiger partial charge in [0.25, 0.3) is 0 Å². The second-order valence-electron chi connectivity index (χ2n) is 5.47. The van der Waals surface area contributed by atoms with Crippen molar-refractivity contribution in [2.75, 3.05) is 0 Å². The lowest BCUT2D eigenvalue weighted by molar-refractivity contribution is 1.05. The van der Waals surface area contributed by atoms with Gasteiger partial charge in [0.1, 0.15) is 5.82 Å². The number of aromatic nitrogens is 2. The average molecular weight is 272 g/mol. The summed E-state index contributed by atoms with van der Waals surface area (Å²) in [5, 5.41) is 2.57. The van der Waals surface area contributed by atoms with Gasteiger partial charge >= 0.3 is 0 Å². The molecule has 2 heterocycles. The summed E-state index contributed by atoms with van der Waals surface area (Å²) in [6.07, 6.45) is 1.86. The summed E-state index contributed by atoms with van der Waals surface area (Å²) in [5.41, 5.74) is 4.92. The molecule has 2 nitrogen and oxygen atoms in total. The van der Waals surface area contributed by atoms with E-state index in [2.05, 4.69) is 71.9 Å². The molecule has 0 atom stereocenters. The minimum Gasteiger partial charge on any atom is -0.293 e. The fraction of sp³-hybridized carbons (Fsp3) is 0.105. The molecule has 0 bridgehead atoms. The van der Waals surface area contributed by atoms with E-state index >= 15 is 0 Å². The Labute approximate surface area is 123 Å². The highest BCUT2D eigenvalue weighted by Crippen LogP contribution is 2.33. The summed E-state index contributed by atoms with van der Waals surface area (Å²) >= 11 is 0. The topological polar surface area (TPSA) is 17.8 Å². The predicted octanol–water partition coefficient (Wildman–Crippen LogP) is 4.80. The van der Waals surface area contributed by atoms with Crippen LogP contribution in [0.15, 0.2) is 60.8 Å². The molecule has 0 aliphatic rings. The Bertz CT molecular complexity index is 964. The summed E-state index contributed by atoms with van der Waals surface area (Å²) < 4.78 is 2.29. The quantitative estimate of drug-likeness (QED) is 0.487. The van der Waals surface area contributed by atoms with Gasteiger partial charge in [0.15, 0.2) is 0 Å². The van der Waals surface area contributed by atoms with Crippen molar-refractivity contribution >= 4 is 21.8 Å². The van der Waals surface area contributed by atoms with Crippen molar-refractivity contribution in [3.8, 4) is 5.82 Å². The molecule has 0 unspecified atom stereocenters. The number of benzene rings is 2. The maximum Gasteiger partial charge on any atom is 0.140 e. The van der Waals surface area contributed by atoms with E-state index in [1.807, 2.05) is 12.3 Å². The number of hydrogen-bond donors (Lipinski definition) is 0. The number of hydrogen-bond acceptors (Lipinski definition) is 1. The summed E-state index contributed by atoms with van der Waals surface area (Å²) in [7, 11) is 0. The largest absolute Gasteiger partial charge is 0.293 e. The van der Waals surface area contributed by atoms with Gasteiger partial charge in [-0.25, -0.2) is 4.98 Å². The van der Waals surface area contributed by atoms with Crippen LogP contribution in [0.2, 0.25) is 0 Å². The minimum atomic E-state index is 1.01. The highest BCUT2D eigenvalue weighted by Gasteiger charge is 2.14. The van der Waals surface area contributed by atoms with Crippen molar-refractivity contribution in [3.63, 3.8) is 0 Å². The van der Waals surface area contributed by atoms with E-state index in [1.54, 1.807) is 0 Å². The third kappa shape index (κ3) is 1.69. The lowest BCUT2D eigenvalue weighted by Gasteiger charge is -2.10. The van der Waals surface area contributed by atoms with Crippen LogP contribution in [0.3, 0.4) is 0 Å². The molecule has 0 radical (unpaired) electrons. The van der Waals surface area contributed by atoms with Crippen LogP contribution < -0.4 is 0 Å². The zero-order valence-corrected chi connectivity index (χ0v) is 12.2. The first-order valence-corrected chi connectivity index (χ1v) is 7.18. The molecule has 0 saturated carbocycles. The molecule has 4 aromatic rings. The third-order valence-corrected chi connectivity index (χ3v) is 4.09. The molecule has 2 aromatic heterocycles. The molecular formula is C19H16N2. The minimum absolute atomic E-state index is 1.01. The van der Waals surface area contributed by atoms with Gasteiger partial charge in [-0.15, -0.1) is 0 Å². The summed E-state index contributed by atoms with van der Waals surface area (Å²) in [6.45, 7) is 4.28. The Balaban J connectivity index is 2.28. The van der Waals surface area contributed by atoms with E-state index in [0.29, 0.717) is 0 Å². The third-order valence-electron chi connectivity index (χ3n) is 4.09. The number of aryl methyl sites for hydroxylation is 2. The van der Waals surface area contributed by atoms with Crippen LogP contribution in [0.1, 0.15) is 11.1 Å². The summed E-state index contributed by atoms with van der Waals surface area (Å²) in [5.74, 6) is 1.01. The smallest absolute Gasteiger partial charge is 0.140 e. The van der Waals surface area contributed by atoms with Gasteiger partial charge in [-0.2, -0.15) is 0 Å². The van der Waals surface area contributed by atoms with E-state index in [4.69, 9.17) is 0 Å². The first-order valence-electron chi connectivity index (χ1n) is 7.18. The van der Waals surface area contributed by atoms with E-state index in [9.17, 15) is 0 Å². The molecule has 2 aromatic carbocycles. The monoisotopic (exact) mass is 272 g/mol. The molecule has 21 heavy (non-hydrogen) atoms. The maximum atomic E-state index is 4.63. The highest BCUT2D eigenvalue weighted by atomic mass is 15.1. The Morgan fingerprint density at radius 3 is 2.38 bits per heavy atom. The van der Waals surface area contributed by atoms with Crippen LogP contribution in [0.4, 0.5) is 0 Å². The van der Waals surface area contributed by atoms with Crippen molar-refractivity contribution in [1.82, 2.24) is 9.55 Å². The first-order chi connectivity index (χ1) is 10.3. The highest BCUT2D eigenvalue weighted by molar-refractivity contribution is 6.10. The molecule has 102 valence electrons. The lowest BCUT2D eigenvalue weighted by atomic mass is 10.1. The van der Waals surface area contributed by atoms with E-state index in [-0.39, 0.29) is 0 Å². The number of rotatable bonds is 1. The second-order valence-corrected chi connectivity index (χ2v) is 5.47. The molecule has 2 heteroatoms. The molecular weight excluding hydrogens is 256 g/mol. The van der Waals surface area contributed by atoms with Gasteiger partial charge in [0.05, 0.1) is 11.0 Å². The average Bonchev–Trinajstić information content (AvgIpc) is 2.84. The fourth-order valence-electron chi connectivity index (χ4n) is 3.12. The molecule has 0 spiro atoms. The number of fused-ring (bicyclic) bond motifs is 3. The van der Waals surface area contributed by atoms with E-state index in [1.165, 1.54) is 32.9 Å². The van der Waals surface area contributed by atoms with Gasteiger partial charge in [0.2, 0.25) is 0 Å². The van der Waals surface area contributed by atoms with Crippen LogP contribution in [0.25, 0.3) is 27.6 Å². The number of pyridine rings is 1. The van der Waals surface area contributed by atoms with Gasteiger partial charge in [-0.05, 0) is 37.1 Å². The van der Waals surface area contributed by atoms with Gasteiger partial charge < -0.3 is 0 Å². The van der Waals surface area contributed by atoms with E-state index in [0.717, 1.165) is 5.82 Å². The number of nitrogens with zero attached hydrogens (tertiary/aromatic N) is 2. The molecule has 0 N–H and O–H groups in total. The van der Waals surface area contributed by atoms with Gasteiger partial charge in [-0.1, -0.05) is 42.5 Å². The Kier molecular flexibility index (Phi) is 2.58. The lowest BCUT2D eigenvalue weighted by Crippen LogP contribution is -2.00. The van der Waals surface area contributed by atoms with Crippen molar-refractivity contribution in [3.05, 3.63) is 71.9 Å².